The van der Waals surface area contributed by atoms with Gasteiger partial charge in [0.1, 0.15) is 0 Å². The molecule has 22 heavy (non-hydrogen) atoms. The van der Waals surface area contributed by atoms with E-state index in [1.54, 1.807) is 0 Å². The van der Waals surface area contributed by atoms with Crippen LogP contribution >= 0.6 is 15.9 Å². The zero-order valence-corrected chi connectivity index (χ0v) is 19.1. The van der Waals surface area contributed by atoms with Gasteiger partial charge in [-0.05, 0) is 0 Å². The number of benzene rings is 1. The molecule has 3 rings (SSSR count). The molecule has 0 amide bonds. The minimum Gasteiger partial charge on any atom is -1.00 e. The van der Waals surface area contributed by atoms with Crippen LogP contribution in [0.4, 0.5) is 0 Å². The molecule has 3 unspecified atom stereocenters. The van der Waals surface area contributed by atoms with Crippen molar-refractivity contribution < 1.29 is 22.1 Å². The van der Waals surface area contributed by atoms with Crippen LogP contribution < -0.4 is 17.0 Å². The molecule has 0 aliphatic heterocycles. The Morgan fingerprint density at radius 2 is 1.91 bits per heavy atom. The van der Waals surface area contributed by atoms with Gasteiger partial charge >= 0.3 is 145 Å². The molecule has 0 spiro atoms. The van der Waals surface area contributed by atoms with Crippen molar-refractivity contribution in [3.8, 4) is 0 Å². The first-order chi connectivity index (χ1) is 9.85. The quantitative estimate of drug-likeness (QED) is 0.573. The SMILES string of the molecule is C[Te+](Cc1ccc(Br)cc1)CC12CCC(CC1O)C2(C)C.[Br-]. The summed E-state index contributed by atoms with van der Waals surface area (Å²) in [5.74, 6) is 0.756. The average molecular weight is 546 g/mol. The first-order valence-corrected chi connectivity index (χ1v) is 14.3. The van der Waals surface area contributed by atoms with Crippen molar-refractivity contribution >= 4 is 35.5 Å². The number of aliphatic hydroxyl groups is 1. The summed E-state index contributed by atoms with van der Waals surface area (Å²) in [7, 11) is 0. The third kappa shape index (κ3) is 3.20. The predicted molar refractivity (Wildman–Crippen MR) is 93.8 cm³/mol. The van der Waals surface area contributed by atoms with Crippen molar-refractivity contribution in [2.45, 2.75) is 53.1 Å². The zero-order chi connectivity index (χ0) is 15.3. The van der Waals surface area contributed by atoms with E-state index >= 15 is 0 Å². The Kier molecular flexibility index (Phi) is 6.17. The maximum atomic E-state index is 10.7. The minimum absolute atomic E-state index is 0. The van der Waals surface area contributed by atoms with E-state index in [1.807, 2.05) is 0 Å². The third-order valence-electron chi connectivity index (χ3n) is 6.22. The van der Waals surface area contributed by atoms with Gasteiger partial charge in [0.15, 0.2) is 0 Å². The Bertz CT molecular complexity index is 516. The van der Waals surface area contributed by atoms with E-state index in [0.29, 0.717) is 5.41 Å². The largest absolute Gasteiger partial charge is 1.00 e. The molecule has 1 N–H and O–H groups in total. The van der Waals surface area contributed by atoms with E-state index in [0.717, 1.165) is 16.8 Å². The molecule has 1 nitrogen and oxygen atoms in total. The average Bonchev–Trinajstić information content (AvgIpc) is 2.75. The molecule has 1 aromatic rings. The number of fused-ring (bicyclic) bond motifs is 2. The van der Waals surface area contributed by atoms with Gasteiger partial charge in [-0.25, -0.2) is 0 Å². The summed E-state index contributed by atoms with van der Waals surface area (Å²) in [5.41, 5.74) is 2.06. The molecule has 0 heterocycles. The Morgan fingerprint density at radius 1 is 1.27 bits per heavy atom. The third-order valence-corrected chi connectivity index (χ3v) is 12.0. The maximum Gasteiger partial charge on any atom is -1.00 e. The Hall–Kier alpha value is 0.930. The monoisotopic (exact) mass is 546 g/mol. The van der Waals surface area contributed by atoms with Crippen LogP contribution in [0.1, 0.15) is 38.7 Å². The number of hydrogen-bond donors (Lipinski definition) is 1. The fraction of sp³-hybridized carbons (Fsp3) is 0.667. The summed E-state index contributed by atoms with van der Waals surface area (Å²) in [6.07, 6.45) is 3.61. The Labute approximate surface area is 160 Å². The van der Waals surface area contributed by atoms with Gasteiger partial charge < -0.3 is 17.0 Å². The fourth-order valence-electron chi connectivity index (χ4n) is 4.74. The van der Waals surface area contributed by atoms with Gasteiger partial charge in [0.2, 0.25) is 0 Å². The van der Waals surface area contributed by atoms with Crippen LogP contribution in [0.15, 0.2) is 28.7 Å². The van der Waals surface area contributed by atoms with Gasteiger partial charge in [-0.2, -0.15) is 0 Å². The first-order valence-electron chi connectivity index (χ1n) is 7.87. The molecule has 3 atom stereocenters. The van der Waals surface area contributed by atoms with Crippen LogP contribution in [0, 0.1) is 16.7 Å². The van der Waals surface area contributed by atoms with E-state index in [1.165, 1.54) is 27.3 Å². The molecule has 2 bridgehead atoms. The molecule has 0 saturated heterocycles. The second-order valence-electron chi connectivity index (χ2n) is 7.56. The van der Waals surface area contributed by atoms with Gasteiger partial charge in [0.25, 0.3) is 0 Å². The number of rotatable bonds is 4. The summed E-state index contributed by atoms with van der Waals surface area (Å²) in [6, 6.07) is 8.82. The molecule has 1 aromatic carbocycles. The molecule has 4 heteroatoms. The Morgan fingerprint density at radius 3 is 2.41 bits per heavy atom. The van der Waals surface area contributed by atoms with Gasteiger partial charge in [0, 0.05) is 0 Å². The molecule has 124 valence electrons. The summed E-state index contributed by atoms with van der Waals surface area (Å²) < 4.78 is 3.78. The van der Waals surface area contributed by atoms with Crippen LogP contribution in [0.5, 0.6) is 0 Å². The minimum atomic E-state index is -1.18. The van der Waals surface area contributed by atoms with Crippen LogP contribution in [0.2, 0.25) is 9.44 Å². The topological polar surface area (TPSA) is 20.2 Å². The molecule has 2 saturated carbocycles. The summed E-state index contributed by atoms with van der Waals surface area (Å²) in [5, 5.41) is 10.7. The molecule has 0 aromatic heterocycles. The summed E-state index contributed by atoms with van der Waals surface area (Å²) in [6.45, 7) is 4.85. The van der Waals surface area contributed by atoms with Gasteiger partial charge in [-0.1, -0.05) is 0 Å². The number of hydrogen-bond acceptors (Lipinski definition) is 1. The van der Waals surface area contributed by atoms with Crippen LogP contribution in [-0.4, -0.2) is 30.8 Å². The van der Waals surface area contributed by atoms with Crippen molar-refractivity contribution in [3.63, 3.8) is 0 Å². The fourth-order valence-corrected chi connectivity index (χ4v) is 12.0. The van der Waals surface area contributed by atoms with E-state index in [9.17, 15) is 5.11 Å². The second-order valence-corrected chi connectivity index (χ2v) is 14.6. The van der Waals surface area contributed by atoms with Crippen LogP contribution in [0.25, 0.3) is 0 Å². The zero-order valence-electron chi connectivity index (χ0n) is 13.6. The smallest absolute Gasteiger partial charge is 1.00 e. The van der Waals surface area contributed by atoms with E-state index in [2.05, 4.69) is 59.0 Å². The molecular weight excluding hydrogens is 520 g/mol. The number of aliphatic hydroxyl groups excluding tert-OH is 1. The van der Waals surface area contributed by atoms with Crippen molar-refractivity contribution in [2.75, 3.05) is 0 Å². The van der Waals surface area contributed by atoms with Crippen molar-refractivity contribution in [2.24, 2.45) is 16.7 Å². The normalized spacial score (nSPS) is 32.3. The van der Waals surface area contributed by atoms with E-state index < -0.39 is 19.6 Å². The molecule has 2 aliphatic rings. The maximum absolute atomic E-state index is 10.7. The van der Waals surface area contributed by atoms with Crippen molar-refractivity contribution in [1.82, 2.24) is 0 Å². The van der Waals surface area contributed by atoms with Crippen molar-refractivity contribution in [3.05, 3.63) is 34.3 Å². The second kappa shape index (κ2) is 7.04. The van der Waals surface area contributed by atoms with Gasteiger partial charge in [0.05, 0.1) is 0 Å². The molecule has 0 radical (unpaired) electrons. The summed E-state index contributed by atoms with van der Waals surface area (Å²) >= 11 is 2.33. The first kappa shape index (κ1) is 19.3. The van der Waals surface area contributed by atoms with Gasteiger partial charge in [-0.15, -0.1) is 0 Å². The van der Waals surface area contributed by atoms with Crippen LogP contribution in [-0.2, 0) is 4.47 Å². The predicted octanol–water partition coefficient (Wildman–Crippen LogP) is 1.85. The number of halogens is 2. The Balaban J connectivity index is 0.00000176. The molecule has 2 aliphatic carbocycles. The van der Waals surface area contributed by atoms with Crippen molar-refractivity contribution in [1.29, 1.82) is 0 Å². The van der Waals surface area contributed by atoms with E-state index in [-0.39, 0.29) is 28.5 Å². The standard InChI is InChI=1S/C18H26BrOTe.BrH/c1-17(2)14-8-9-18(17,16(20)10-14)12-21(3)11-13-4-6-15(19)7-5-13;/h4-7,14,16,20H,8-12H2,1-3H3;1H/q+1;/p-1. The molecular formula is C18H26Br2OTe. The van der Waals surface area contributed by atoms with Crippen LogP contribution in [0.3, 0.4) is 0 Å². The van der Waals surface area contributed by atoms with E-state index in [4.69, 9.17) is 0 Å². The van der Waals surface area contributed by atoms with Gasteiger partial charge in [-0.3, -0.25) is 0 Å². The summed E-state index contributed by atoms with van der Waals surface area (Å²) in [4.78, 5) is 2.52. The molecule has 2 fully saturated rings.